The third-order valence-corrected chi connectivity index (χ3v) is 3.36. The van der Waals surface area contributed by atoms with Gasteiger partial charge in [0.05, 0.1) is 5.56 Å². The van der Waals surface area contributed by atoms with Gasteiger partial charge < -0.3 is 10.1 Å². The fraction of sp³-hybridized carbons (Fsp3) is 0.412. The van der Waals surface area contributed by atoms with Crippen molar-refractivity contribution in [2.75, 3.05) is 12.4 Å². The van der Waals surface area contributed by atoms with Crippen LogP contribution in [0.5, 0.6) is 11.6 Å². The van der Waals surface area contributed by atoms with Crippen molar-refractivity contribution < 1.29 is 4.74 Å². The van der Waals surface area contributed by atoms with E-state index in [1.807, 2.05) is 33.0 Å². The van der Waals surface area contributed by atoms with Gasteiger partial charge in [0.1, 0.15) is 17.4 Å². The zero-order valence-corrected chi connectivity index (χ0v) is 13.6. The average Bonchev–Trinajstić information content (AvgIpc) is 2.42. The molecule has 0 fully saturated rings. The molecule has 2 aromatic rings. The lowest BCUT2D eigenvalue weighted by Gasteiger charge is -2.20. The fourth-order valence-corrected chi connectivity index (χ4v) is 2.08. The molecule has 0 spiro atoms. The molecule has 1 aromatic carbocycles. The number of hydrogen-bond acceptors (Lipinski definition) is 4. The number of nitrogens with zero attached hydrogens (tertiary/aromatic N) is 2. The lowest BCUT2D eigenvalue weighted by molar-refractivity contribution is 0.453. The van der Waals surface area contributed by atoms with Crippen molar-refractivity contribution >= 4 is 5.82 Å². The summed E-state index contributed by atoms with van der Waals surface area (Å²) < 4.78 is 5.98. The maximum absolute atomic E-state index is 5.98. The first-order chi connectivity index (χ1) is 9.81. The van der Waals surface area contributed by atoms with Gasteiger partial charge in [-0.3, -0.25) is 0 Å². The van der Waals surface area contributed by atoms with E-state index in [-0.39, 0.29) is 5.41 Å². The van der Waals surface area contributed by atoms with Crippen LogP contribution in [0.3, 0.4) is 0 Å². The number of rotatable bonds is 3. The Balaban J connectivity index is 2.37. The molecule has 0 saturated carbocycles. The molecule has 0 aliphatic heterocycles. The van der Waals surface area contributed by atoms with Gasteiger partial charge in [0, 0.05) is 7.05 Å². The Labute approximate surface area is 126 Å². The second-order valence-electron chi connectivity index (χ2n) is 6.18. The molecule has 0 amide bonds. The molecule has 21 heavy (non-hydrogen) atoms. The van der Waals surface area contributed by atoms with E-state index in [2.05, 4.69) is 48.2 Å². The Morgan fingerprint density at radius 1 is 1.10 bits per heavy atom. The van der Waals surface area contributed by atoms with Gasteiger partial charge in [-0.2, -0.15) is 4.98 Å². The van der Waals surface area contributed by atoms with Crippen molar-refractivity contribution in [2.24, 2.45) is 0 Å². The summed E-state index contributed by atoms with van der Waals surface area (Å²) >= 11 is 0. The van der Waals surface area contributed by atoms with E-state index < -0.39 is 0 Å². The van der Waals surface area contributed by atoms with E-state index in [9.17, 15) is 0 Å². The average molecular weight is 285 g/mol. The van der Waals surface area contributed by atoms with Crippen molar-refractivity contribution in [3.05, 3.63) is 41.2 Å². The van der Waals surface area contributed by atoms with Crippen LogP contribution in [0.2, 0.25) is 0 Å². The van der Waals surface area contributed by atoms with Crippen LogP contribution in [0.25, 0.3) is 0 Å². The van der Waals surface area contributed by atoms with Gasteiger partial charge in [-0.15, -0.1) is 0 Å². The van der Waals surface area contributed by atoms with E-state index in [0.29, 0.717) is 11.7 Å². The van der Waals surface area contributed by atoms with E-state index in [0.717, 1.165) is 17.1 Å². The van der Waals surface area contributed by atoms with Crippen LogP contribution in [0.1, 0.15) is 37.7 Å². The van der Waals surface area contributed by atoms with Crippen molar-refractivity contribution in [3.63, 3.8) is 0 Å². The van der Waals surface area contributed by atoms with E-state index in [1.54, 1.807) is 0 Å². The van der Waals surface area contributed by atoms with Gasteiger partial charge >= 0.3 is 0 Å². The number of benzene rings is 1. The number of anilines is 1. The molecule has 0 aliphatic rings. The first-order valence-electron chi connectivity index (χ1n) is 7.12. The Morgan fingerprint density at radius 3 is 2.43 bits per heavy atom. The zero-order valence-electron chi connectivity index (χ0n) is 13.6. The quantitative estimate of drug-likeness (QED) is 0.917. The summed E-state index contributed by atoms with van der Waals surface area (Å²) in [6.07, 6.45) is 0. The number of ether oxygens (including phenoxy) is 1. The summed E-state index contributed by atoms with van der Waals surface area (Å²) in [4.78, 5) is 8.74. The molecule has 0 saturated heterocycles. The second-order valence-corrected chi connectivity index (χ2v) is 6.18. The predicted molar refractivity (Wildman–Crippen MR) is 86.3 cm³/mol. The van der Waals surface area contributed by atoms with Crippen LogP contribution >= 0.6 is 0 Å². The Hall–Kier alpha value is -2.10. The minimum atomic E-state index is 0.0894. The topological polar surface area (TPSA) is 47.0 Å². The second kappa shape index (κ2) is 5.72. The maximum Gasteiger partial charge on any atom is 0.227 e. The molecule has 4 nitrogen and oxygen atoms in total. The monoisotopic (exact) mass is 285 g/mol. The van der Waals surface area contributed by atoms with Gasteiger partial charge in [-0.25, -0.2) is 4.98 Å². The molecule has 1 N–H and O–H groups in total. The van der Waals surface area contributed by atoms with E-state index >= 15 is 0 Å². The number of aryl methyl sites for hydroxylation is 1. The normalized spacial score (nSPS) is 11.3. The lowest BCUT2D eigenvalue weighted by Crippen LogP contribution is -2.10. The molecule has 4 heteroatoms. The highest BCUT2D eigenvalue weighted by atomic mass is 16.5. The highest BCUT2D eigenvalue weighted by Crippen LogP contribution is 2.30. The number of aromatic nitrogens is 2. The first kappa shape index (κ1) is 15.3. The molecule has 112 valence electrons. The summed E-state index contributed by atoms with van der Waals surface area (Å²) in [6, 6.07) is 8.14. The highest BCUT2D eigenvalue weighted by molar-refractivity contribution is 5.49. The van der Waals surface area contributed by atoms with Crippen molar-refractivity contribution in [2.45, 2.75) is 40.0 Å². The Bertz CT molecular complexity index is 645. The molecule has 0 unspecified atom stereocenters. The lowest BCUT2D eigenvalue weighted by atomic mass is 9.87. The smallest absolute Gasteiger partial charge is 0.227 e. The van der Waals surface area contributed by atoms with Gasteiger partial charge in [-0.1, -0.05) is 32.9 Å². The van der Waals surface area contributed by atoms with Crippen molar-refractivity contribution in [1.82, 2.24) is 9.97 Å². The number of nitrogens with one attached hydrogen (secondary N) is 1. The Kier molecular flexibility index (Phi) is 4.16. The Morgan fingerprint density at radius 2 is 1.81 bits per heavy atom. The summed E-state index contributed by atoms with van der Waals surface area (Å²) in [5.74, 6) is 2.87. The molecule has 0 atom stereocenters. The molecule has 0 bridgehead atoms. The van der Waals surface area contributed by atoms with Gasteiger partial charge in [-0.05, 0) is 37.0 Å². The molecule has 1 heterocycles. The standard InChI is InChI=1S/C17H23N3O/c1-11-15(18-6)19-12(2)20-16(11)21-14-9-7-8-13(10-14)17(3,4)5/h7-10H,1-6H3,(H,18,19,20). The molecule has 0 radical (unpaired) electrons. The van der Waals surface area contributed by atoms with Crippen LogP contribution in [0.4, 0.5) is 5.82 Å². The van der Waals surface area contributed by atoms with Gasteiger partial charge in [0.2, 0.25) is 5.88 Å². The van der Waals surface area contributed by atoms with E-state index in [1.165, 1.54) is 5.56 Å². The van der Waals surface area contributed by atoms with Crippen LogP contribution < -0.4 is 10.1 Å². The third-order valence-electron chi connectivity index (χ3n) is 3.36. The van der Waals surface area contributed by atoms with Crippen LogP contribution in [0, 0.1) is 13.8 Å². The van der Waals surface area contributed by atoms with Crippen LogP contribution in [0.15, 0.2) is 24.3 Å². The largest absolute Gasteiger partial charge is 0.439 e. The summed E-state index contributed by atoms with van der Waals surface area (Å²) in [5.41, 5.74) is 2.23. The minimum absolute atomic E-state index is 0.0894. The highest BCUT2D eigenvalue weighted by Gasteiger charge is 2.15. The summed E-state index contributed by atoms with van der Waals surface area (Å²) in [6.45, 7) is 10.4. The fourth-order valence-electron chi connectivity index (χ4n) is 2.08. The summed E-state index contributed by atoms with van der Waals surface area (Å²) in [7, 11) is 1.85. The summed E-state index contributed by atoms with van der Waals surface area (Å²) in [5, 5.41) is 3.07. The van der Waals surface area contributed by atoms with E-state index in [4.69, 9.17) is 4.74 Å². The number of hydrogen-bond donors (Lipinski definition) is 1. The minimum Gasteiger partial charge on any atom is -0.439 e. The SMILES string of the molecule is CNc1nc(C)nc(Oc2cccc(C(C)(C)C)c2)c1C. The van der Waals surface area contributed by atoms with Gasteiger partial charge in [0.25, 0.3) is 0 Å². The van der Waals surface area contributed by atoms with Crippen molar-refractivity contribution in [1.29, 1.82) is 0 Å². The van der Waals surface area contributed by atoms with Crippen LogP contribution in [-0.4, -0.2) is 17.0 Å². The molecule has 1 aromatic heterocycles. The molecular formula is C17H23N3O. The third kappa shape index (κ3) is 3.51. The maximum atomic E-state index is 5.98. The molecule has 0 aliphatic carbocycles. The van der Waals surface area contributed by atoms with Crippen LogP contribution in [-0.2, 0) is 5.41 Å². The molecule has 2 rings (SSSR count). The molecular weight excluding hydrogens is 262 g/mol. The van der Waals surface area contributed by atoms with Crippen molar-refractivity contribution in [3.8, 4) is 11.6 Å². The predicted octanol–water partition coefficient (Wildman–Crippen LogP) is 4.22. The first-order valence-corrected chi connectivity index (χ1v) is 7.12. The van der Waals surface area contributed by atoms with Gasteiger partial charge in [0.15, 0.2) is 0 Å². The zero-order chi connectivity index (χ0) is 15.6.